The molecule has 1 amide bonds. The molecule has 1 N–H and O–H groups in total. The molecule has 0 saturated carbocycles. The largest absolute Gasteiger partial charge is 0.480 e. The van der Waals surface area contributed by atoms with Crippen molar-refractivity contribution < 1.29 is 14.7 Å². The molecular formula is C15H18N4O3S. The summed E-state index contributed by atoms with van der Waals surface area (Å²) in [7, 11) is 0. The minimum Gasteiger partial charge on any atom is -0.480 e. The van der Waals surface area contributed by atoms with Crippen molar-refractivity contribution in [2.75, 3.05) is 0 Å². The molecule has 3 rings (SSSR count). The van der Waals surface area contributed by atoms with Crippen molar-refractivity contribution in [3.05, 3.63) is 33.0 Å². The van der Waals surface area contributed by atoms with E-state index >= 15 is 0 Å². The van der Waals surface area contributed by atoms with Gasteiger partial charge in [0.2, 0.25) is 0 Å². The van der Waals surface area contributed by atoms with E-state index in [0.29, 0.717) is 16.5 Å². The van der Waals surface area contributed by atoms with Gasteiger partial charge in [-0.1, -0.05) is 6.92 Å². The lowest BCUT2D eigenvalue weighted by molar-refractivity contribution is -0.143. The fourth-order valence-electron chi connectivity index (χ4n) is 2.86. The summed E-state index contributed by atoms with van der Waals surface area (Å²) in [6.45, 7) is 6.13. The van der Waals surface area contributed by atoms with Gasteiger partial charge in [0.25, 0.3) is 5.91 Å². The molecule has 1 aliphatic rings. The van der Waals surface area contributed by atoms with E-state index in [4.69, 9.17) is 0 Å². The minimum atomic E-state index is -1.01. The Labute approximate surface area is 137 Å². The van der Waals surface area contributed by atoms with Crippen LogP contribution in [0.1, 0.15) is 38.7 Å². The summed E-state index contributed by atoms with van der Waals surface area (Å²) in [5, 5.41) is 17.5. The molecule has 8 heteroatoms. The Balaban J connectivity index is 1.95. The predicted octanol–water partition coefficient (Wildman–Crippen LogP) is 1.63. The van der Waals surface area contributed by atoms with Gasteiger partial charge in [-0.3, -0.25) is 4.79 Å². The maximum Gasteiger partial charge on any atom is 0.328 e. The highest BCUT2D eigenvalue weighted by atomic mass is 32.1. The van der Waals surface area contributed by atoms with Crippen molar-refractivity contribution in [2.45, 2.75) is 46.3 Å². The summed E-state index contributed by atoms with van der Waals surface area (Å²) in [6, 6.07) is 0.937. The van der Waals surface area contributed by atoms with Crippen LogP contribution in [0.2, 0.25) is 0 Å². The van der Waals surface area contributed by atoms with Crippen LogP contribution in [0.15, 0.2) is 6.07 Å². The van der Waals surface area contributed by atoms with Crippen LogP contribution < -0.4 is 0 Å². The number of hydrogen-bond donors (Lipinski definition) is 1. The van der Waals surface area contributed by atoms with Crippen molar-refractivity contribution in [1.82, 2.24) is 19.7 Å². The third-order valence-corrected chi connectivity index (χ3v) is 5.52. The molecule has 7 nitrogen and oxygen atoms in total. The Hall–Kier alpha value is -2.22. The van der Waals surface area contributed by atoms with Crippen LogP contribution in [-0.2, 0) is 24.3 Å². The number of aromatic nitrogens is 3. The fourth-order valence-corrected chi connectivity index (χ4v) is 3.93. The van der Waals surface area contributed by atoms with E-state index in [9.17, 15) is 14.7 Å². The van der Waals surface area contributed by atoms with E-state index in [1.807, 2.05) is 19.9 Å². The van der Waals surface area contributed by atoms with Crippen molar-refractivity contribution in [3.63, 3.8) is 0 Å². The molecule has 3 heterocycles. The summed E-state index contributed by atoms with van der Waals surface area (Å²) in [6.07, 6.45) is 0.861. The van der Waals surface area contributed by atoms with Gasteiger partial charge in [-0.2, -0.15) is 0 Å². The van der Waals surface area contributed by atoms with Gasteiger partial charge < -0.3 is 14.6 Å². The number of thiophene rings is 1. The molecule has 23 heavy (non-hydrogen) atoms. The van der Waals surface area contributed by atoms with Gasteiger partial charge in [0.1, 0.15) is 11.9 Å². The number of aryl methyl sites for hydroxylation is 3. The lowest BCUT2D eigenvalue weighted by atomic mass is 10.1. The molecule has 1 atom stereocenters. The lowest BCUT2D eigenvalue weighted by Gasteiger charge is -2.33. The standard InChI is InChI=1S/C15H18N4O3S/c1-4-11-8(2)5-12(23-11)14(20)19-7-13-17-16-9(3)18(13)6-10(19)15(21)22/h5,10H,4,6-7H2,1-3H3,(H,21,22). The molecule has 122 valence electrons. The number of rotatable bonds is 3. The van der Waals surface area contributed by atoms with Crippen molar-refractivity contribution in [1.29, 1.82) is 0 Å². The van der Waals surface area contributed by atoms with Crippen molar-refractivity contribution >= 4 is 23.2 Å². The highest BCUT2D eigenvalue weighted by Gasteiger charge is 2.37. The quantitative estimate of drug-likeness (QED) is 0.921. The van der Waals surface area contributed by atoms with E-state index in [0.717, 1.165) is 16.9 Å². The second kappa shape index (κ2) is 5.77. The lowest BCUT2D eigenvalue weighted by Crippen LogP contribution is -2.50. The fraction of sp³-hybridized carbons (Fsp3) is 0.467. The average Bonchev–Trinajstić information content (AvgIpc) is 3.08. The van der Waals surface area contributed by atoms with Gasteiger partial charge in [0.15, 0.2) is 5.82 Å². The third kappa shape index (κ3) is 2.63. The molecule has 0 aromatic carbocycles. The van der Waals surface area contributed by atoms with Crippen LogP contribution in [0.5, 0.6) is 0 Å². The van der Waals surface area contributed by atoms with Crippen molar-refractivity contribution in [3.8, 4) is 0 Å². The Morgan fingerprint density at radius 1 is 1.39 bits per heavy atom. The van der Waals surface area contributed by atoms with Gasteiger partial charge in [0.05, 0.1) is 18.0 Å². The number of aliphatic carboxylic acids is 1. The summed E-state index contributed by atoms with van der Waals surface area (Å²) in [5.74, 6) is 0.0223. The van der Waals surface area contributed by atoms with E-state index in [1.54, 1.807) is 11.5 Å². The maximum atomic E-state index is 12.8. The van der Waals surface area contributed by atoms with Gasteiger partial charge >= 0.3 is 5.97 Å². The molecule has 0 radical (unpaired) electrons. The first kappa shape index (κ1) is 15.7. The van der Waals surface area contributed by atoms with Crippen LogP contribution in [0.25, 0.3) is 0 Å². The van der Waals surface area contributed by atoms with E-state index in [2.05, 4.69) is 10.2 Å². The zero-order valence-electron chi connectivity index (χ0n) is 13.2. The minimum absolute atomic E-state index is 0.162. The molecular weight excluding hydrogens is 316 g/mol. The zero-order valence-corrected chi connectivity index (χ0v) is 14.1. The summed E-state index contributed by atoms with van der Waals surface area (Å²) in [4.78, 5) is 27.6. The number of hydrogen-bond acceptors (Lipinski definition) is 5. The Kier molecular flexibility index (Phi) is 3.93. The number of carboxylic acids is 1. The first-order chi connectivity index (χ1) is 10.9. The topological polar surface area (TPSA) is 88.3 Å². The monoisotopic (exact) mass is 334 g/mol. The molecule has 2 aromatic rings. The van der Waals surface area contributed by atoms with E-state index in [1.165, 1.54) is 16.2 Å². The summed E-state index contributed by atoms with van der Waals surface area (Å²) >= 11 is 1.43. The van der Waals surface area contributed by atoms with Crippen LogP contribution in [0.4, 0.5) is 0 Å². The molecule has 0 bridgehead atoms. The molecule has 0 fully saturated rings. The molecule has 0 aliphatic carbocycles. The zero-order chi connectivity index (χ0) is 16.7. The number of fused-ring (bicyclic) bond motifs is 1. The average molecular weight is 334 g/mol. The second-order valence-corrected chi connectivity index (χ2v) is 6.77. The number of carbonyl (C=O) groups is 2. The van der Waals surface area contributed by atoms with Gasteiger partial charge in [-0.15, -0.1) is 21.5 Å². The Morgan fingerprint density at radius 3 is 2.74 bits per heavy atom. The Morgan fingerprint density at radius 2 is 2.13 bits per heavy atom. The van der Waals surface area contributed by atoms with Crippen LogP contribution >= 0.6 is 11.3 Å². The number of nitrogens with zero attached hydrogens (tertiary/aromatic N) is 4. The number of amides is 1. The smallest absolute Gasteiger partial charge is 0.328 e. The third-order valence-electron chi connectivity index (χ3n) is 4.15. The van der Waals surface area contributed by atoms with Gasteiger partial charge in [0, 0.05) is 4.88 Å². The second-order valence-electron chi connectivity index (χ2n) is 5.63. The number of carboxylic acid groups (broad SMARTS) is 1. The SMILES string of the molecule is CCc1sc(C(=O)N2Cc3nnc(C)n3CC2C(=O)O)cc1C. The highest BCUT2D eigenvalue weighted by Crippen LogP contribution is 2.27. The molecule has 0 spiro atoms. The summed E-state index contributed by atoms with van der Waals surface area (Å²) in [5.41, 5.74) is 1.07. The van der Waals surface area contributed by atoms with E-state index < -0.39 is 12.0 Å². The molecule has 1 unspecified atom stereocenters. The predicted molar refractivity (Wildman–Crippen MR) is 84.5 cm³/mol. The van der Waals surface area contributed by atoms with Crippen LogP contribution in [-0.4, -0.2) is 42.7 Å². The molecule has 1 aliphatic heterocycles. The summed E-state index contributed by atoms with van der Waals surface area (Å²) < 4.78 is 1.76. The number of carbonyl (C=O) groups excluding carboxylic acids is 1. The molecule has 2 aromatic heterocycles. The van der Waals surface area contributed by atoms with Crippen molar-refractivity contribution in [2.24, 2.45) is 0 Å². The van der Waals surface area contributed by atoms with E-state index in [-0.39, 0.29) is 19.0 Å². The Bertz CT molecular complexity index is 780. The highest BCUT2D eigenvalue weighted by molar-refractivity contribution is 7.14. The molecule has 0 saturated heterocycles. The van der Waals surface area contributed by atoms with Gasteiger partial charge in [-0.25, -0.2) is 4.79 Å². The first-order valence-electron chi connectivity index (χ1n) is 7.44. The maximum absolute atomic E-state index is 12.8. The van der Waals surface area contributed by atoms with Gasteiger partial charge in [-0.05, 0) is 31.9 Å². The van der Waals surface area contributed by atoms with Crippen LogP contribution in [0.3, 0.4) is 0 Å². The normalized spacial score (nSPS) is 17.2. The first-order valence-corrected chi connectivity index (χ1v) is 8.25. The van der Waals surface area contributed by atoms with Crippen LogP contribution in [0, 0.1) is 13.8 Å².